The highest BCUT2D eigenvalue weighted by Crippen LogP contribution is 2.20. The van der Waals surface area contributed by atoms with Crippen LogP contribution in [0.4, 0.5) is 0 Å². The maximum atomic E-state index is 4.27. The fourth-order valence-electron chi connectivity index (χ4n) is 1.19. The van der Waals surface area contributed by atoms with Crippen LogP contribution < -0.4 is 5.32 Å². The number of nitrogens with one attached hydrogen (secondary N) is 1. The third-order valence-electron chi connectivity index (χ3n) is 2.00. The van der Waals surface area contributed by atoms with Gasteiger partial charge in [-0.2, -0.15) is 0 Å². The zero-order chi connectivity index (χ0) is 11.9. The lowest BCUT2D eigenvalue weighted by Gasteiger charge is -2.02. The van der Waals surface area contributed by atoms with E-state index in [1.54, 1.807) is 18.6 Å². The zero-order valence-electron chi connectivity index (χ0n) is 9.50. The van der Waals surface area contributed by atoms with Crippen molar-refractivity contribution in [3.8, 4) is 0 Å². The summed E-state index contributed by atoms with van der Waals surface area (Å²) in [6.45, 7) is 3.81. The van der Waals surface area contributed by atoms with Crippen LogP contribution in [0.1, 0.15) is 12.5 Å². The predicted molar refractivity (Wildman–Crippen MR) is 65.6 cm³/mol. The van der Waals surface area contributed by atoms with Gasteiger partial charge in [-0.1, -0.05) is 6.92 Å². The minimum absolute atomic E-state index is 0.686. The van der Waals surface area contributed by atoms with Crippen molar-refractivity contribution < 1.29 is 0 Å². The van der Waals surface area contributed by atoms with Crippen molar-refractivity contribution in [2.75, 3.05) is 6.54 Å². The summed E-state index contributed by atoms with van der Waals surface area (Å²) < 4.78 is 0. The summed E-state index contributed by atoms with van der Waals surface area (Å²) in [6.07, 6.45) is 8.65. The Kier molecular flexibility index (Phi) is 4.40. The van der Waals surface area contributed by atoms with E-state index in [1.165, 1.54) is 11.8 Å². The number of rotatable bonds is 5. The summed E-state index contributed by atoms with van der Waals surface area (Å²) >= 11 is 1.40. The van der Waals surface area contributed by atoms with Gasteiger partial charge < -0.3 is 5.32 Å². The number of aromatic nitrogens is 4. The largest absolute Gasteiger partial charge is 0.313 e. The lowest BCUT2D eigenvalue weighted by atomic mass is 10.3. The Bertz CT molecular complexity index is 445. The molecule has 0 saturated heterocycles. The van der Waals surface area contributed by atoms with Crippen LogP contribution in [0.2, 0.25) is 0 Å². The van der Waals surface area contributed by atoms with Crippen molar-refractivity contribution in [2.24, 2.45) is 0 Å². The Morgan fingerprint density at radius 1 is 1.12 bits per heavy atom. The standard InChI is InChI=1S/C11H13N5S/c1-2-12-5-9-6-15-11(16-7-9)17-10-8-13-3-4-14-10/h3-4,6-8,12H,2,5H2,1H3. The van der Waals surface area contributed by atoms with Gasteiger partial charge in [0.25, 0.3) is 0 Å². The van der Waals surface area contributed by atoms with Gasteiger partial charge in [-0.25, -0.2) is 15.0 Å². The van der Waals surface area contributed by atoms with E-state index in [9.17, 15) is 0 Å². The number of nitrogens with zero attached hydrogens (tertiary/aromatic N) is 4. The monoisotopic (exact) mass is 247 g/mol. The molecule has 1 N–H and O–H groups in total. The van der Waals surface area contributed by atoms with Crippen molar-refractivity contribution in [2.45, 2.75) is 23.7 Å². The van der Waals surface area contributed by atoms with Gasteiger partial charge in [0.05, 0.1) is 6.20 Å². The molecule has 0 radical (unpaired) electrons. The van der Waals surface area contributed by atoms with Gasteiger partial charge in [-0.15, -0.1) is 0 Å². The number of hydrogen-bond donors (Lipinski definition) is 1. The first-order chi connectivity index (χ1) is 8.38. The fraction of sp³-hybridized carbons (Fsp3) is 0.273. The maximum absolute atomic E-state index is 4.27. The number of hydrogen-bond acceptors (Lipinski definition) is 6. The van der Waals surface area contributed by atoms with Gasteiger partial charge in [0.1, 0.15) is 5.03 Å². The summed E-state index contributed by atoms with van der Waals surface area (Å²) in [5.74, 6) is 0. The second-order valence-corrected chi connectivity index (χ2v) is 4.29. The topological polar surface area (TPSA) is 63.6 Å². The molecule has 0 aliphatic rings. The van der Waals surface area contributed by atoms with Gasteiger partial charge in [0.15, 0.2) is 5.16 Å². The van der Waals surface area contributed by atoms with E-state index < -0.39 is 0 Å². The maximum Gasteiger partial charge on any atom is 0.193 e. The molecule has 2 aromatic heterocycles. The van der Waals surface area contributed by atoms with Gasteiger partial charge in [-0.3, -0.25) is 4.98 Å². The molecule has 2 aromatic rings. The van der Waals surface area contributed by atoms with E-state index in [-0.39, 0.29) is 0 Å². The van der Waals surface area contributed by atoms with Crippen LogP contribution in [0.5, 0.6) is 0 Å². The smallest absolute Gasteiger partial charge is 0.193 e. The van der Waals surface area contributed by atoms with E-state index in [2.05, 4.69) is 32.2 Å². The molecule has 0 aliphatic heterocycles. The Balaban J connectivity index is 1.98. The average molecular weight is 247 g/mol. The molecule has 2 rings (SSSR count). The molecule has 17 heavy (non-hydrogen) atoms. The first-order valence-electron chi connectivity index (χ1n) is 5.34. The molecule has 2 heterocycles. The molecule has 0 atom stereocenters. The Labute approximate surface area is 104 Å². The molecule has 0 fully saturated rings. The Hall–Kier alpha value is -1.53. The molecule has 0 unspecified atom stereocenters. The quantitative estimate of drug-likeness (QED) is 0.808. The van der Waals surface area contributed by atoms with E-state index in [0.29, 0.717) is 5.16 Å². The third kappa shape index (κ3) is 3.76. The van der Waals surface area contributed by atoms with Gasteiger partial charge >= 0.3 is 0 Å². The summed E-state index contributed by atoms with van der Waals surface area (Å²) in [7, 11) is 0. The first kappa shape index (κ1) is 11.9. The van der Waals surface area contributed by atoms with E-state index in [4.69, 9.17) is 0 Å². The van der Waals surface area contributed by atoms with E-state index in [1.807, 2.05) is 12.4 Å². The Morgan fingerprint density at radius 2 is 1.94 bits per heavy atom. The van der Waals surface area contributed by atoms with E-state index >= 15 is 0 Å². The van der Waals surface area contributed by atoms with Crippen molar-refractivity contribution in [1.82, 2.24) is 25.3 Å². The summed E-state index contributed by atoms with van der Waals surface area (Å²) in [4.78, 5) is 16.7. The molecular formula is C11H13N5S. The molecule has 0 aliphatic carbocycles. The fourth-order valence-corrected chi connectivity index (χ4v) is 1.81. The molecule has 0 saturated carbocycles. The SMILES string of the molecule is CCNCc1cnc(Sc2cnccn2)nc1. The summed E-state index contributed by atoms with van der Waals surface area (Å²) in [5.41, 5.74) is 1.08. The molecule has 88 valence electrons. The minimum Gasteiger partial charge on any atom is -0.313 e. The molecule has 5 nitrogen and oxygen atoms in total. The minimum atomic E-state index is 0.686. The lowest BCUT2D eigenvalue weighted by molar-refractivity contribution is 0.716. The average Bonchev–Trinajstić information content (AvgIpc) is 2.39. The van der Waals surface area contributed by atoms with Crippen LogP contribution in [-0.2, 0) is 6.54 Å². The summed E-state index contributed by atoms with van der Waals surface area (Å²) in [5, 5.41) is 4.71. The van der Waals surface area contributed by atoms with E-state index in [0.717, 1.165) is 23.7 Å². The predicted octanol–water partition coefficient (Wildman–Crippen LogP) is 1.53. The second kappa shape index (κ2) is 6.27. The summed E-state index contributed by atoms with van der Waals surface area (Å²) in [6, 6.07) is 0. The van der Waals surface area contributed by atoms with Crippen molar-refractivity contribution in [3.63, 3.8) is 0 Å². The van der Waals surface area contributed by atoms with Crippen molar-refractivity contribution in [1.29, 1.82) is 0 Å². The van der Waals surface area contributed by atoms with Crippen LogP contribution in [0.3, 0.4) is 0 Å². The third-order valence-corrected chi connectivity index (χ3v) is 2.81. The van der Waals surface area contributed by atoms with Crippen LogP contribution in [-0.4, -0.2) is 26.5 Å². The normalized spacial score (nSPS) is 10.4. The van der Waals surface area contributed by atoms with Crippen molar-refractivity contribution >= 4 is 11.8 Å². The van der Waals surface area contributed by atoms with Gasteiger partial charge in [-0.05, 0) is 18.3 Å². The van der Waals surface area contributed by atoms with Crippen LogP contribution >= 0.6 is 11.8 Å². The zero-order valence-corrected chi connectivity index (χ0v) is 10.3. The highest BCUT2D eigenvalue weighted by molar-refractivity contribution is 7.99. The molecule has 0 bridgehead atoms. The highest BCUT2D eigenvalue weighted by atomic mass is 32.2. The van der Waals surface area contributed by atoms with Crippen LogP contribution in [0.25, 0.3) is 0 Å². The lowest BCUT2D eigenvalue weighted by Crippen LogP contribution is -2.12. The molecule has 0 amide bonds. The van der Waals surface area contributed by atoms with Gasteiger partial charge in [0, 0.05) is 36.9 Å². The van der Waals surface area contributed by atoms with Crippen molar-refractivity contribution in [3.05, 3.63) is 36.5 Å². The Morgan fingerprint density at radius 3 is 2.59 bits per heavy atom. The molecular weight excluding hydrogens is 234 g/mol. The molecule has 0 spiro atoms. The first-order valence-corrected chi connectivity index (χ1v) is 6.15. The highest BCUT2D eigenvalue weighted by Gasteiger charge is 2.01. The second-order valence-electron chi connectivity index (χ2n) is 3.30. The molecule has 0 aromatic carbocycles. The van der Waals surface area contributed by atoms with Crippen LogP contribution in [0.15, 0.2) is 41.2 Å². The molecule has 6 heteroatoms. The van der Waals surface area contributed by atoms with Crippen LogP contribution in [0, 0.1) is 0 Å². The van der Waals surface area contributed by atoms with Gasteiger partial charge in [0.2, 0.25) is 0 Å².